The summed E-state index contributed by atoms with van der Waals surface area (Å²) in [6, 6.07) is 0. The zero-order valence-corrected chi connectivity index (χ0v) is 13.5. The molecule has 102 valence electrons. The average Bonchev–Trinajstić information content (AvgIpc) is 2.35. The van der Waals surface area contributed by atoms with Gasteiger partial charge in [0.25, 0.3) is 0 Å². The first-order valence-electron chi connectivity index (χ1n) is 7.38. The average molecular weight is 305 g/mol. The van der Waals surface area contributed by atoms with Gasteiger partial charge in [0.05, 0.1) is 0 Å². The minimum absolute atomic E-state index is 1.06. The molecule has 0 aliphatic rings. The predicted octanol–water partition coefficient (Wildman–Crippen LogP) is 4.63. The molecular weight excluding hydrogens is 275 g/mol. The van der Waals surface area contributed by atoms with Crippen molar-refractivity contribution < 1.29 is 4.74 Å². The van der Waals surface area contributed by atoms with Crippen molar-refractivity contribution in [3.63, 3.8) is 0 Å². The van der Waals surface area contributed by atoms with Crippen molar-refractivity contribution in [2.45, 2.75) is 84.0 Å². The molecule has 0 N–H and O–H groups in total. The first-order valence-corrected chi connectivity index (χ1v) is 8.23. The topological polar surface area (TPSA) is 9.23 Å². The van der Waals surface area contributed by atoms with Crippen molar-refractivity contribution in [2.75, 3.05) is 7.11 Å². The van der Waals surface area contributed by atoms with Crippen LogP contribution in [0.2, 0.25) is 0 Å². The molecular formula is C15H30OSe. The van der Waals surface area contributed by atoms with E-state index in [4.69, 9.17) is 4.74 Å². The number of rotatable bonds is 13. The molecule has 0 radical (unpaired) electrons. The van der Waals surface area contributed by atoms with Crippen LogP contribution in [-0.2, 0) is 4.74 Å². The van der Waals surface area contributed by atoms with Gasteiger partial charge in [0, 0.05) is 0 Å². The monoisotopic (exact) mass is 306 g/mol. The summed E-state index contributed by atoms with van der Waals surface area (Å²) >= 11 is 2.96. The fourth-order valence-corrected chi connectivity index (χ4v) is 2.34. The summed E-state index contributed by atoms with van der Waals surface area (Å²) < 4.78 is 6.16. The molecule has 0 heterocycles. The Bertz CT molecular complexity index is 168. The standard InChI is InChI=1S/C15H30OSe/c1-3-4-5-6-7-8-9-10-11-12-13-14-15(17)16-2/h3-14H2,1-2H3. The molecule has 0 bridgehead atoms. The van der Waals surface area contributed by atoms with Crippen LogP contribution in [0.3, 0.4) is 0 Å². The summed E-state index contributed by atoms with van der Waals surface area (Å²) in [5, 5.41) is 0. The Morgan fingerprint density at radius 2 is 1.18 bits per heavy atom. The van der Waals surface area contributed by atoms with Crippen molar-refractivity contribution in [3.05, 3.63) is 0 Å². The summed E-state index contributed by atoms with van der Waals surface area (Å²) in [4.78, 5) is 0. The zero-order valence-electron chi connectivity index (χ0n) is 11.8. The molecule has 0 aromatic heterocycles. The van der Waals surface area contributed by atoms with Gasteiger partial charge in [0.15, 0.2) is 0 Å². The Labute approximate surface area is 116 Å². The Hall–Kier alpha value is 0.189. The van der Waals surface area contributed by atoms with Crippen LogP contribution in [0.25, 0.3) is 0 Å². The third-order valence-corrected chi connectivity index (χ3v) is 3.99. The minimum atomic E-state index is 1.06. The van der Waals surface area contributed by atoms with E-state index in [0.29, 0.717) is 0 Å². The van der Waals surface area contributed by atoms with E-state index in [2.05, 4.69) is 22.5 Å². The molecule has 2 heteroatoms. The number of hydrogen-bond acceptors (Lipinski definition) is 1. The van der Waals surface area contributed by atoms with Gasteiger partial charge in [-0.3, -0.25) is 0 Å². The Kier molecular flexibility index (Phi) is 14.4. The SMILES string of the molecule is CCCCCCCCCCCCCC(=[Se])OC. The molecule has 1 nitrogen and oxygen atoms in total. The van der Waals surface area contributed by atoms with Gasteiger partial charge in [-0.1, -0.05) is 13.3 Å². The Morgan fingerprint density at radius 3 is 1.59 bits per heavy atom. The van der Waals surface area contributed by atoms with Crippen LogP contribution in [0.15, 0.2) is 0 Å². The first-order chi connectivity index (χ1) is 8.31. The van der Waals surface area contributed by atoms with E-state index in [-0.39, 0.29) is 0 Å². The van der Waals surface area contributed by atoms with E-state index in [1.807, 2.05) is 0 Å². The molecule has 0 aromatic carbocycles. The molecule has 0 rings (SSSR count). The van der Waals surface area contributed by atoms with Gasteiger partial charge in [0.1, 0.15) is 0 Å². The first kappa shape index (κ1) is 17.2. The third kappa shape index (κ3) is 14.1. The molecule has 0 aliphatic heterocycles. The molecule has 0 aromatic rings. The van der Waals surface area contributed by atoms with E-state index in [1.54, 1.807) is 7.11 Å². The van der Waals surface area contributed by atoms with E-state index in [1.165, 1.54) is 70.6 Å². The molecule has 0 spiro atoms. The van der Waals surface area contributed by atoms with Gasteiger partial charge in [-0.05, 0) is 0 Å². The number of ether oxygens (including phenoxy) is 1. The van der Waals surface area contributed by atoms with E-state index >= 15 is 0 Å². The van der Waals surface area contributed by atoms with Gasteiger partial charge in [0.2, 0.25) is 0 Å². The van der Waals surface area contributed by atoms with Crippen molar-refractivity contribution in [3.8, 4) is 0 Å². The molecule has 0 fully saturated rings. The maximum absolute atomic E-state index is 5.10. The summed E-state index contributed by atoms with van der Waals surface area (Å²) in [6.45, 7) is 2.28. The fraction of sp³-hybridized carbons (Fsp3) is 0.933. The van der Waals surface area contributed by atoms with Crippen LogP contribution in [0.4, 0.5) is 0 Å². The second kappa shape index (κ2) is 14.3. The van der Waals surface area contributed by atoms with E-state index in [9.17, 15) is 0 Å². The van der Waals surface area contributed by atoms with Crippen LogP contribution in [-0.4, -0.2) is 27.3 Å². The van der Waals surface area contributed by atoms with Crippen molar-refractivity contribution >= 4 is 20.2 Å². The quantitative estimate of drug-likeness (QED) is 0.356. The number of unbranched alkanes of at least 4 members (excludes halogenated alkanes) is 10. The van der Waals surface area contributed by atoms with Crippen molar-refractivity contribution in [2.24, 2.45) is 0 Å². The molecule has 0 saturated heterocycles. The van der Waals surface area contributed by atoms with Gasteiger partial charge in [-0.15, -0.1) is 0 Å². The van der Waals surface area contributed by atoms with Crippen LogP contribution < -0.4 is 0 Å². The normalized spacial score (nSPS) is 10.5. The summed E-state index contributed by atoms with van der Waals surface area (Å²) in [7, 11) is 1.74. The van der Waals surface area contributed by atoms with E-state index < -0.39 is 0 Å². The fourth-order valence-electron chi connectivity index (χ4n) is 2.04. The Balaban J connectivity index is 2.96. The molecule has 0 atom stereocenters. The molecule has 0 amide bonds. The van der Waals surface area contributed by atoms with Gasteiger partial charge in [-0.25, -0.2) is 0 Å². The number of hydrogen-bond donors (Lipinski definition) is 0. The molecule has 0 unspecified atom stereocenters. The summed E-state index contributed by atoms with van der Waals surface area (Å²) in [5.41, 5.74) is 0. The molecule has 0 aliphatic carbocycles. The molecule has 0 saturated carbocycles. The third-order valence-electron chi connectivity index (χ3n) is 3.21. The van der Waals surface area contributed by atoms with Crippen molar-refractivity contribution in [1.29, 1.82) is 0 Å². The van der Waals surface area contributed by atoms with Gasteiger partial charge in [-0.2, -0.15) is 0 Å². The molecule has 17 heavy (non-hydrogen) atoms. The van der Waals surface area contributed by atoms with Crippen LogP contribution in [0.1, 0.15) is 84.0 Å². The summed E-state index contributed by atoms with van der Waals surface area (Å²) in [5.74, 6) is 0. The summed E-state index contributed by atoms with van der Waals surface area (Å²) in [6.07, 6.45) is 16.5. The second-order valence-electron chi connectivity index (χ2n) is 4.86. The predicted molar refractivity (Wildman–Crippen MR) is 78.8 cm³/mol. The van der Waals surface area contributed by atoms with Gasteiger partial charge >= 0.3 is 103 Å². The van der Waals surface area contributed by atoms with Crippen LogP contribution in [0, 0.1) is 0 Å². The van der Waals surface area contributed by atoms with Crippen LogP contribution in [0.5, 0.6) is 0 Å². The zero-order chi connectivity index (χ0) is 12.8. The number of methoxy groups -OCH3 is 1. The second-order valence-corrected chi connectivity index (χ2v) is 5.82. The van der Waals surface area contributed by atoms with Crippen molar-refractivity contribution in [1.82, 2.24) is 0 Å². The Morgan fingerprint density at radius 1 is 0.765 bits per heavy atom. The van der Waals surface area contributed by atoms with E-state index in [0.717, 1.165) is 11.0 Å². The van der Waals surface area contributed by atoms with Crippen LogP contribution >= 0.6 is 0 Å². The van der Waals surface area contributed by atoms with Gasteiger partial charge < -0.3 is 0 Å². The maximum atomic E-state index is 5.10.